The van der Waals surface area contributed by atoms with E-state index >= 15 is 0 Å². The number of hydrogen-bond donors (Lipinski definition) is 2. The molecule has 2 aromatic carbocycles. The highest BCUT2D eigenvalue weighted by Crippen LogP contribution is 2.25. The van der Waals surface area contributed by atoms with Crippen LogP contribution in [0.4, 0.5) is 4.39 Å². The van der Waals surface area contributed by atoms with E-state index < -0.39 is 5.82 Å². The molecule has 0 radical (unpaired) electrons. The lowest BCUT2D eigenvalue weighted by molar-refractivity contribution is 0.299. The topological polar surface area (TPSA) is 59.1 Å². The lowest BCUT2D eigenvalue weighted by Crippen LogP contribution is -2.13. The van der Waals surface area contributed by atoms with Crippen molar-refractivity contribution in [3.63, 3.8) is 0 Å². The first-order valence-electron chi connectivity index (χ1n) is 5.68. The lowest BCUT2D eigenvalue weighted by atomic mass is 10.2. The van der Waals surface area contributed by atoms with E-state index in [1.807, 2.05) is 0 Å². The van der Waals surface area contributed by atoms with Crippen molar-refractivity contribution in [2.75, 3.05) is 0 Å². The fourth-order valence-electron chi connectivity index (χ4n) is 1.65. The molecule has 0 heterocycles. The highest BCUT2D eigenvalue weighted by molar-refractivity contribution is 6.31. The quantitative estimate of drug-likeness (QED) is 0.662. The highest BCUT2D eigenvalue weighted by atomic mass is 35.5. The molecule has 0 saturated heterocycles. The van der Waals surface area contributed by atoms with Crippen LogP contribution in [0.5, 0.6) is 5.75 Å². The van der Waals surface area contributed by atoms with E-state index in [1.165, 1.54) is 12.1 Å². The van der Waals surface area contributed by atoms with Gasteiger partial charge in [-0.25, -0.2) is 4.39 Å². The summed E-state index contributed by atoms with van der Waals surface area (Å²) < 4.78 is 19.2. The molecular formula is C14H11Cl2FN2O. The van der Waals surface area contributed by atoms with Crippen molar-refractivity contribution in [2.45, 2.75) is 6.61 Å². The monoisotopic (exact) mass is 312 g/mol. The molecule has 0 unspecified atom stereocenters. The third-order valence-electron chi connectivity index (χ3n) is 2.65. The zero-order valence-corrected chi connectivity index (χ0v) is 11.8. The Hall–Kier alpha value is -1.78. The summed E-state index contributed by atoms with van der Waals surface area (Å²) >= 11 is 11.6. The fourth-order valence-corrected chi connectivity index (χ4v) is 2.01. The van der Waals surface area contributed by atoms with Gasteiger partial charge in [0.05, 0.1) is 10.6 Å². The van der Waals surface area contributed by atoms with Gasteiger partial charge in [0, 0.05) is 10.6 Å². The van der Waals surface area contributed by atoms with Crippen LogP contribution in [0.1, 0.15) is 11.1 Å². The first-order chi connectivity index (χ1) is 9.49. The largest absolute Gasteiger partial charge is 0.488 e. The summed E-state index contributed by atoms with van der Waals surface area (Å²) in [6.45, 7) is -0.0347. The van der Waals surface area contributed by atoms with Crippen LogP contribution in [0, 0.1) is 11.2 Å². The molecule has 2 aromatic rings. The molecule has 0 atom stereocenters. The van der Waals surface area contributed by atoms with E-state index in [-0.39, 0.29) is 17.5 Å². The number of nitrogen functional groups attached to an aromatic ring is 1. The van der Waals surface area contributed by atoms with Crippen molar-refractivity contribution < 1.29 is 9.13 Å². The molecule has 0 saturated carbocycles. The Kier molecular flexibility index (Phi) is 4.47. The van der Waals surface area contributed by atoms with Crippen LogP contribution in [-0.4, -0.2) is 5.84 Å². The Balaban J connectivity index is 2.24. The van der Waals surface area contributed by atoms with Crippen molar-refractivity contribution in [3.8, 4) is 5.75 Å². The zero-order valence-electron chi connectivity index (χ0n) is 10.3. The van der Waals surface area contributed by atoms with E-state index in [9.17, 15) is 4.39 Å². The number of ether oxygens (including phenoxy) is 1. The summed E-state index contributed by atoms with van der Waals surface area (Å²) in [6, 6.07) is 9.37. The van der Waals surface area contributed by atoms with Gasteiger partial charge in [-0.05, 0) is 24.3 Å². The minimum atomic E-state index is -0.527. The molecule has 2 rings (SSSR count). The molecule has 0 aliphatic heterocycles. The van der Waals surface area contributed by atoms with Crippen molar-refractivity contribution in [2.24, 2.45) is 5.73 Å². The van der Waals surface area contributed by atoms with Crippen LogP contribution in [0.3, 0.4) is 0 Å². The van der Waals surface area contributed by atoms with Crippen molar-refractivity contribution in [3.05, 3.63) is 63.4 Å². The smallest absolute Gasteiger partial charge is 0.148 e. The summed E-state index contributed by atoms with van der Waals surface area (Å²) in [5.74, 6) is -0.354. The summed E-state index contributed by atoms with van der Waals surface area (Å²) in [6.07, 6.45) is 0. The van der Waals surface area contributed by atoms with E-state index in [2.05, 4.69) is 0 Å². The SMILES string of the molecule is N=C(N)c1ccc(Cl)cc1OCc1cccc(Cl)c1F. The molecule has 3 N–H and O–H groups in total. The summed E-state index contributed by atoms with van der Waals surface area (Å²) in [4.78, 5) is 0. The van der Waals surface area contributed by atoms with Gasteiger partial charge in [0.2, 0.25) is 0 Å². The van der Waals surface area contributed by atoms with Gasteiger partial charge in [-0.1, -0.05) is 35.3 Å². The Morgan fingerprint density at radius 1 is 1.25 bits per heavy atom. The standard InChI is InChI=1S/C14H11Cl2FN2O/c15-9-4-5-10(14(18)19)12(6-9)20-7-8-2-1-3-11(16)13(8)17/h1-6H,7H2,(H3,18,19). The van der Waals surface area contributed by atoms with Gasteiger partial charge in [-0.3, -0.25) is 5.41 Å². The van der Waals surface area contributed by atoms with Gasteiger partial charge in [0.25, 0.3) is 0 Å². The van der Waals surface area contributed by atoms with Gasteiger partial charge in [0.15, 0.2) is 0 Å². The van der Waals surface area contributed by atoms with E-state index in [1.54, 1.807) is 24.3 Å². The van der Waals surface area contributed by atoms with Gasteiger partial charge in [-0.15, -0.1) is 0 Å². The van der Waals surface area contributed by atoms with Crippen molar-refractivity contribution >= 4 is 29.0 Å². The van der Waals surface area contributed by atoms with Crippen molar-refractivity contribution in [1.29, 1.82) is 5.41 Å². The summed E-state index contributed by atoms with van der Waals surface area (Å²) in [5, 5.41) is 7.94. The number of nitrogens with two attached hydrogens (primary N) is 1. The first-order valence-corrected chi connectivity index (χ1v) is 6.44. The van der Waals surface area contributed by atoms with Crippen LogP contribution >= 0.6 is 23.2 Å². The van der Waals surface area contributed by atoms with Gasteiger partial charge in [-0.2, -0.15) is 0 Å². The summed E-state index contributed by atoms with van der Waals surface area (Å²) in [5.41, 5.74) is 6.16. The number of nitrogens with one attached hydrogen (secondary N) is 1. The van der Waals surface area contributed by atoms with Crippen LogP contribution in [0.25, 0.3) is 0 Å². The lowest BCUT2D eigenvalue weighted by Gasteiger charge is -2.12. The molecule has 0 amide bonds. The minimum absolute atomic E-state index is 0.0315. The average Bonchev–Trinajstić information content (AvgIpc) is 2.40. The van der Waals surface area contributed by atoms with Crippen LogP contribution in [-0.2, 0) is 6.61 Å². The number of benzene rings is 2. The van der Waals surface area contributed by atoms with Crippen molar-refractivity contribution in [1.82, 2.24) is 0 Å². The summed E-state index contributed by atoms with van der Waals surface area (Å²) in [7, 11) is 0. The molecule has 0 aliphatic rings. The third-order valence-corrected chi connectivity index (χ3v) is 3.18. The van der Waals surface area contributed by atoms with E-state index in [0.29, 0.717) is 21.9 Å². The number of hydrogen-bond acceptors (Lipinski definition) is 2. The maximum atomic E-state index is 13.7. The van der Waals surface area contributed by atoms with Crippen LogP contribution in [0.15, 0.2) is 36.4 Å². The maximum Gasteiger partial charge on any atom is 0.148 e. The molecule has 0 spiro atoms. The molecule has 6 heteroatoms. The zero-order chi connectivity index (χ0) is 14.7. The molecule has 0 bridgehead atoms. The average molecular weight is 313 g/mol. The molecule has 3 nitrogen and oxygen atoms in total. The van der Waals surface area contributed by atoms with Gasteiger partial charge in [0.1, 0.15) is 24.0 Å². The molecule has 0 aliphatic carbocycles. The molecular weight excluding hydrogens is 302 g/mol. The number of rotatable bonds is 4. The van der Waals surface area contributed by atoms with Crippen LogP contribution in [0.2, 0.25) is 10.0 Å². The normalized spacial score (nSPS) is 10.3. The first kappa shape index (κ1) is 14.6. The van der Waals surface area contributed by atoms with Crippen LogP contribution < -0.4 is 10.5 Å². The second-order valence-corrected chi connectivity index (χ2v) is 4.90. The van der Waals surface area contributed by atoms with Gasteiger partial charge < -0.3 is 10.5 Å². The van der Waals surface area contributed by atoms with E-state index in [0.717, 1.165) is 0 Å². The third kappa shape index (κ3) is 3.21. The highest BCUT2D eigenvalue weighted by Gasteiger charge is 2.10. The predicted octanol–water partition coefficient (Wildman–Crippen LogP) is 4.00. The Morgan fingerprint density at radius 2 is 2.00 bits per heavy atom. The fraction of sp³-hybridized carbons (Fsp3) is 0.0714. The Labute approximate surface area is 125 Å². The molecule has 0 aromatic heterocycles. The maximum absolute atomic E-state index is 13.7. The number of halogens is 3. The second kappa shape index (κ2) is 6.11. The second-order valence-electron chi connectivity index (χ2n) is 4.06. The molecule has 104 valence electrons. The van der Waals surface area contributed by atoms with Gasteiger partial charge >= 0.3 is 0 Å². The number of amidine groups is 1. The molecule has 20 heavy (non-hydrogen) atoms. The minimum Gasteiger partial charge on any atom is -0.488 e. The van der Waals surface area contributed by atoms with E-state index in [4.69, 9.17) is 39.1 Å². The predicted molar refractivity (Wildman–Crippen MR) is 78.2 cm³/mol. The Bertz CT molecular complexity index is 662. The Morgan fingerprint density at radius 3 is 2.70 bits per heavy atom. The molecule has 0 fully saturated rings.